The molecule has 0 aliphatic rings. The molecule has 0 spiro atoms. The van der Waals surface area contributed by atoms with E-state index in [4.69, 9.17) is 9.47 Å². The quantitative estimate of drug-likeness (QED) is 0.556. The lowest BCUT2D eigenvalue weighted by Gasteiger charge is -2.13. The Bertz CT molecular complexity index is 1090. The van der Waals surface area contributed by atoms with E-state index in [0.29, 0.717) is 22.7 Å². The van der Waals surface area contributed by atoms with E-state index in [2.05, 4.69) is 10.6 Å². The standard InChI is InChI=1S/C24H22N2O5/c1-3-31-24(29)19-9-5-7-11-21(19)26-23(28)18-8-4-6-10-20(18)25-22(27)16-12-14-17(30-2)15-13-16/h4-15H,3H2,1-2H3,(H,25,27)(H,26,28). The van der Waals surface area contributed by atoms with E-state index >= 15 is 0 Å². The minimum atomic E-state index is -0.528. The van der Waals surface area contributed by atoms with E-state index in [1.165, 1.54) is 0 Å². The van der Waals surface area contributed by atoms with Gasteiger partial charge >= 0.3 is 5.97 Å². The molecule has 3 aromatic carbocycles. The van der Waals surface area contributed by atoms with Gasteiger partial charge in [-0.05, 0) is 55.5 Å². The van der Waals surface area contributed by atoms with E-state index in [1.54, 1.807) is 86.8 Å². The molecule has 0 aromatic heterocycles. The van der Waals surface area contributed by atoms with E-state index < -0.39 is 11.9 Å². The Labute approximate surface area is 180 Å². The SMILES string of the molecule is CCOC(=O)c1ccccc1NC(=O)c1ccccc1NC(=O)c1ccc(OC)cc1. The Balaban J connectivity index is 1.81. The molecule has 2 N–H and O–H groups in total. The summed E-state index contributed by atoms with van der Waals surface area (Å²) in [6.45, 7) is 1.93. The molecule has 0 saturated carbocycles. The molecule has 3 aromatic rings. The highest BCUT2D eigenvalue weighted by Gasteiger charge is 2.18. The van der Waals surface area contributed by atoms with Gasteiger partial charge in [0, 0.05) is 5.56 Å². The summed E-state index contributed by atoms with van der Waals surface area (Å²) in [6.07, 6.45) is 0. The molecule has 0 aliphatic heterocycles. The third-order valence-electron chi connectivity index (χ3n) is 4.44. The summed E-state index contributed by atoms with van der Waals surface area (Å²) in [5.41, 5.74) is 1.58. The fourth-order valence-electron chi connectivity index (χ4n) is 2.90. The number of esters is 1. The van der Waals surface area contributed by atoms with Gasteiger partial charge in [-0.15, -0.1) is 0 Å². The average molecular weight is 418 g/mol. The monoisotopic (exact) mass is 418 g/mol. The molecule has 0 heterocycles. The van der Waals surface area contributed by atoms with Crippen LogP contribution in [0, 0.1) is 0 Å². The summed E-state index contributed by atoms with van der Waals surface area (Å²) in [6, 6.07) is 19.8. The number of hydrogen-bond acceptors (Lipinski definition) is 5. The van der Waals surface area contributed by atoms with Gasteiger partial charge in [0.05, 0.1) is 36.2 Å². The van der Waals surface area contributed by atoms with Crippen molar-refractivity contribution in [1.82, 2.24) is 0 Å². The zero-order valence-electron chi connectivity index (χ0n) is 17.2. The van der Waals surface area contributed by atoms with E-state index in [1.807, 2.05) is 0 Å². The second-order valence-electron chi connectivity index (χ2n) is 6.45. The van der Waals surface area contributed by atoms with E-state index in [9.17, 15) is 14.4 Å². The fraction of sp³-hybridized carbons (Fsp3) is 0.125. The topological polar surface area (TPSA) is 93.7 Å². The fourth-order valence-corrected chi connectivity index (χ4v) is 2.90. The second kappa shape index (κ2) is 10.1. The first-order valence-electron chi connectivity index (χ1n) is 9.65. The van der Waals surface area contributed by atoms with Crippen LogP contribution in [0.2, 0.25) is 0 Å². The molecule has 158 valence electrons. The Morgan fingerprint density at radius 3 is 1.90 bits per heavy atom. The van der Waals surface area contributed by atoms with Crippen molar-refractivity contribution in [1.29, 1.82) is 0 Å². The number of amides is 2. The summed E-state index contributed by atoms with van der Waals surface area (Å²) in [4.78, 5) is 37.7. The van der Waals surface area contributed by atoms with Gasteiger partial charge in [-0.3, -0.25) is 9.59 Å². The van der Waals surface area contributed by atoms with Crippen LogP contribution in [-0.4, -0.2) is 31.5 Å². The van der Waals surface area contributed by atoms with Crippen LogP contribution < -0.4 is 15.4 Å². The van der Waals surface area contributed by atoms with Crippen LogP contribution in [0.3, 0.4) is 0 Å². The first-order valence-corrected chi connectivity index (χ1v) is 9.65. The van der Waals surface area contributed by atoms with Crippen LogP contribution in [0.25, 0.3) is 0 Å². The van der Waals surface area contributed by atoms with Gasteiger partial charge in [0.25, 0.3) is 11.8 Å². The highest BCUT2D eigenvalue weighted by atomic mass is 16.5. The predicted molar refractivity (Wildman–Crippen MR) is 118 cm³/mol. The molecule has 0 atom stereocenters. The summed E-state index contributed by atoms with van der Waals surface area (Å²) in [5.74, 6) is -0.728. The van der Waals surface area contributed by atoms with Gasteiger partial charge in [-0.25, -0.2) is 4.79 Å². The van der Waals surface area contributed by atoms with Crippen molar-refractivity contribution in [3.63, 3.8) is 0 Å². The number of para-hydroxylation sites is 2. The largest absolute Gasteiger partial charge is 0.497 e. The van der Waals surface area contributed by atoms with Gasteiger partial charge < -0.3 is 20.1 Å². The molecule has 0 unspecified atom stereocenters. The lowest BCUT2D eigenvalue weighted by molar-refractivity contribution is 0.0527. The molecule has 0 fully saturated rings. The van der Waals surface area contributed by atoms with Crippen molar-refractivity contribution in [2.75, 3.05) is 24.4 Å². The number of rotatable bonds is 7. The number of carbonyl (C=O) groups excluding carboxylic acids is 3. The highest BCUT2D eigenvalue weighted by molar-refractivity contribution is 6.13. The first-order chi connectivity index (χ1) is 15.0. The zero-order chi connectivity index (χ0) is 22.2. The molecule has 0 bridgehead atoms. The zero-order valence-corrected chi connectivity index (χ0v) is 17.2. The summed E-state index contributed by atoms with van der Waals surface area (Å²) in [5, 5.41) is 5.48. The van der Waals surface area contributed by atoms with Crippen molar-refractivity contribution in [2.45, 2.75) is 6.92 Å². The predicted octanol–water partition coefficient (Wildman–Crippen LogP) is 4.38. The molecule has 7 heteroatoms. The van der Waals surface area contributed by atoms with Gasteiger partial charge in [0.15, 0.2) is 0 Å². The Morgan fingerprint density at radius 2 is 1.29 bits per heavy atom. The molecule has 0 saturated heterocycles. The van der Waals surface area contributed by atoms with Crippen molar-refractivity contribution in [3.05, 3.63) is 89.5 Å². The molecule has 0 radical (unpaired) electrons. The van der Waals surface area contributed by atoms with Gasteiger partial charge in [-0.1, -0.05) is 24.3 Å². The van der Waals surface area contributed by atoms with Crippen LogP contribution in [0.4, 0.5) is 11.4 Å². The summed E-state index contributed by atoms with van der Waals surface area (Å²) < 4.78 is 10.1. The molecule has 0 aliphatic carbocycles. The van der Waals surface area contributed by atoms with E-state index in [-0.39, 0.29) is 23.6 Å². The normalized spacial score (nSPS) is 10.1. The van der Waals surface area contributed by atoms with Crippen LogP contribution in [-0.2, 0) is 4.74 Å². The average Bonchev–Trinajstić information content (AvgIpc) is 2.80. The Hall–Kier alpha value is -4.13. The Morgan fingerprint density at radius 1 is 0.742 bits per heavy atom. The highest BCUT2D eigenvalue weighted by Crippen LogP contribution is 2.21. The number of benzene rings is 3. The molecule has 31 heavy (non-hydrogen) atoms. The number of carbonyl (C=O) groups is 3. The van der Waals surface area contributed by atoms with Crippen molar-refractivity contribution < 1.29 is 23.9 Å². The van der Waals surface area contributed by atoms with E-state index in [0.717, 1.165) is 0 Å². The maximum Gasteiger partial charge on any atom is 0.340 e. The second-order valence-corrected chi connectivity index (χ2v) is 6.45. The van der Waals surface area contributed by atoms with Crippen molar-refractivity contribution >= 4 is 29.2 Å². The van der Waals surface area contributed by atoms with Gasteiger partial charge in [-0.2, -0.15) is 0 Å². The number of ether oxygens (including phenoxy) is 2. The molecular formula is C24H22N2O5. The maximum atomic E-state index is 12.9. The third-order valence-corrected chi connectivity index (χ3v) is 4.44. The minimum Gasteiger partial charge on any atom is -0.497 e. The van der Waals surface area contributed by atoms with Crippen LogP contribution in [0.5, 0.6) is 5.75 Å². The molecule has 2 amide bonds. The Kier molecular flexibility index (Phi) is 7.01. The van der Waals surface area contributed by atoms with Crippen LogP contribution in [0.15, 0.2) is 72.8 Å². The van der Waals surface area contributed by atoms with Crippen molar-refractivity contribution in [3.8, 4) is 5.75 Å². The number of hydrogen-bond donors (Lipinski definition) is 2. The molecule has 7 nitrogen and oxygen atoms in total. The minimum absolute atomic E-state index is 0.224. The van der Waals surface area contributed by atoms with Crippen LogP contribution >= 0.6 is 0 Å². The number of methoxy groups -OCH3 is 1. The lowest BCUT2D eigenvalue weighted by Crippen LogP contribution is -2.19. The maximum absolute atomic E-state index is 12.9. The smallest absolute Gasteiger partial charge is 0.340 e. The molecule has 3 rings (SSSR count). The lowest BCUT2D eigenvalue weighted by atomic mass is 10.1. The first kappa shape index (κ1) is 21.6. The number of anilines is 2. The third kappa shape index (κ3) is 5.27. The van der Waals surface area contributed by atoms with Crippen LogP contribution in [0.1, 0.15) is 38.0 Å². The summed E-state index contributed by atoms with van der Waals surface area (Å²) in [7, 11) is 1.55. The van der Waals surface area contributed by atoms with Gasteiger partial charge in [0.1, 0.15) is 5.75 Å². The molecular weight excluding hydrogens is 396 g/mol. The number of nitrogens with one attached hydrogen (secondary N) is 2. The van der Waals surface area contributed by atoms with Crippen molar-refractivity contribution in [2.24, 2.45) is 0 Å². The summed E-state index contributed by atoms with van der Waals surface area (Å²) >= 11 is 0. The van der Waals surface area contributed by atoms with Gasteiger partial charge in [0.2, 0.25) is 0 Å².